The molecule has 1 N–H and O–H groups in total. The monoisotopic (exact) mass is 304 g/mol. The second kappa shape index (κ2) is 5.76. The van der Waals surface area contributed by atoms with E-state index in [0.717, 1.165) is 30.8 Å². The molecule has 0 unspecified atom stereocenters. The molecular weight excluding hydrogens is 284 g/mol. The Balaban J connectivity index is 2.10. The van der Waals surface area contributed by atoms with Crippen LogP contribution in [-0.4, -0.2) is 26.4 Å². The van der Waals surface area contributed by atoms with Gasteiger partial charge in [-0.05, 0) is 36.2 Å². The maximum atomic E-state index is 12.3. The summed E-state index contributed by atoms with van der Waals surface area (Å²) in [6.07, 6.45) is 5.60. The Morgan fingerprint density at radius 2 is 2.16 bits per heavy atom. The van der Waals surface area contributed by atoms with Crippen molar-refractivity contribution in [2.75, 3.05) is 13.7 Å². The minimum atomic E-state index is -3.52. The maximum absolute atomic E-state index is 12.3. The van der Waals surface area contributed by atoms with Crippen molar-refractivity contribution in [3.8, 4) is 5.88 Å². The van der Waals surface area contributed by atoms with Gasteiger partial charge in [-0.3, -0.25) is 0 Å². The number of nitrogens with zero attached hydrogens (tertiary/aromatic N) is 1. The lowest BCUT2D eigenvalue weighted by atomic mass is 9.84. The molecule has 1 fully saturated rings. The van der Waals surface area contributed by atoms with Gasteiger partial charge in [0.25, 0.3) is 0 Å². The normalized spacial score (nSPS) is 18.6. The highest BCUT2D eigenvalue weighted by Crippen LogP contribution is 2.40. The SMILES string of the molecule is CCC1(CNS(=O)(=O)c2csnc2OC)CCCC1. The molecule has 2 rings (SSSR count). The van der Waals surface area contributed by atoms with Crippen molar-refractivity contribution in [2.45, 2.75) is 43.9 Å². The van der Waals surface area contributed by atoms with Crippen LogP contribution in [0.15, 0.2) is 10.3 Å². The molecule has 1 aliphatic rings. The number of ether oxygens (including phenoxy) is 1. The lowest BCUT2D eigenvalue weighted by Crippen LogP contribution is -2.35. The molecule has 1 aromatic rings. The van der Waals surface area contributed by atoms with E-state index in [1.54, 1.807) is 0 Å². The highest BCUT2D eigenvalue weighted by molar-refractivity contribution is 7.89. The van der Waals surface area contributed by atoms with E-state index in [4.69, 9.17) is 4.74 Å². The topological polar surface area (TPSA) is 68.3 Å². The molecule has 0 amide bonds. The first-order chi connectivity index (χ1) is 9.03. The Bertz CT molecular complexity index is 519. The zero-order chi connectivity index (χ0) is 13.9. The first-order valence-corrected chi connectivity index (χ1v) is 8.83. The summed E-state index contributed by atoms with van der Waals surface area (Å²) in [7, 11) is -2.09. The third kappa shape index (κ3) is 3.09. The van der Waals surface area contributed by atoms with Crippen LogP contribution in [0.5, 0.6) is 5.88 Å². The average molecular weight is 304 g/mol. The molecular formula is C12H20N2O3S2. The molecule has 7 heteroatoms. The summed E-state index contributed by atoms with van der Waals surface area (Å²) in [4.78, 5) is 0.143. The molecule has 19 heavy (non-hydrogen) atoms. The van der Waals surface area contributed by atoms with Crippen LogP contribution < -0.4 is 9.46 Å². The molecule has 0 atom stereocenters. The fourth-order valence-electron chi connectivity index (χ4n) is 2.64. The predicted molar refractivity (Wildman–Crippen MR) is 75.0 cm³/mol. The average Bonchev–Trinajstić information content (AvgIpc) is 3.06. The van der Waals surface area contributed by atoms with E-state index in [9.17, 15) is 8.42 Å². The van der Waals surface area contributed by atoms with Crippen LogP contribution >= 0.6 is 11.5 Å². The van der Waals surface area contributed by atoms with Crippen LogP contribution in [0.1, 0.15) is 39.0 Å². The summed E-state index contributed by atoms with van der Waals surface area (Å²) in [5.74, 6) is 0.175. The van der Waals surface area contributed by atoms with Crippen molar-refractivity contribution in [3.63, 3.8) is 0 Å². The molecule has 0 bridgehead atoms. The van der Waals surface area contributed by atoms with E-state index in [-0.39, 0.29) is 16.2 Å². The van der Waals surface area contributed by atoms with E-state index in [0.29, 0.717) is 6.54 Å². The van der Waals surface area contributed by atoms with Crippen LogP contribution in [0, 0.1) is 5.41 Å². The molecule has 0 saturated heterocycles. The van der Waals surface area contributed by atoms with E-state index < -0.39 is 10.0 Å². The smallest absolute Gasteiger partial charge is 0.246 e. The van der Waals surface area contributed by atoms with Gasteiger partial charge in [0.2, 0.25) is 15.9 Å². The summed E-state index contributed by atoms with van der Waals surface area (Å²) in [5, 5.41) is 1.51. The largest absolute Gasteiger partial charge is 0.479 e. The summed E-state index contributed by atoms with van der Waals surface area (Å²) in [5.41, 5.74) is 0.129. The second-order valence-electron chi connectivity index (χ2n) is 5.07. The van der Waals surface area contributed by atoms with Gasteiger partial charge < -0.3 is 4.74 Å². The van der Waals surface area contributed by atoms with Crippen LogP contribution in [0.25, 0.3) is 0 Å². The Hall–Kier alpha value is -0.660. The third-order valence-corrected chi connectivity index (χ3v) is 6.20. The predicted octanol–water partition coefficient (Wildman–Crippen LogP) is 2.40. The highest BCUT2D eigenvalue weighted by Gasteiger charge is 2.34. The summed E-state index contributed by atoms with van der Waals surface area (Å²) in [6, 6.07) is 0. The van der Waals surface area contributed by atoms with E-state index in [1.165, 1.54) is 25.3 Å². The lowest BCUT2D eigenvalue weighted by Gasteiger charge is -2.27. The molecule has 1 saturated carbocycles. The van der Waals surface area contributed by atoms with Crippen LogP contribution in [0.2, 0.25) is 0 Å². The maximum Gasteiger partial charge on any atom is 0.246 e. The van der Waals surface area contributed by atoms with Crippen molar-refractivity contribution < 1.29 is 13.2 Å². The summed E-state index contributed by atoms with van der Waals surface area (Å²) < 4.78 is 36.1. The fourth-order valence-corrected chi connectivity index (χ4v) is 4.86. The van der Waals surface area contributed by atoms with Gasteiger partial charge in [-0.1, -0.05) is 19.8 Å². The van der Waals surface area contributed by atoms with Crippen molar-refractivity contribution in [3.05, 3.63) is 5.38 Å². The molecule has 5 nitrogen and oxygen atoms in total. The fraction of sp³-hybridized carbons (Fsp3) is 0.750. The van der Waals surface area contributed by atoms with E-state index >= 15 is 0 Å². The molecule has 1 heterocycles. The van der Waals surface area contributed by atoms with Crippen molar-refractivity contribution in [1.82, 2.24) is 9.10 Å². The molecule has 0 aromatic carbocycles. The summed E-state index contributed by atoms with van der Waals surface area (Å²) >= 11 is 1.09. The number of methoxy groups -OCH3 is 1. The van der Waals surface area contributed by atoms with Gasteiger partial charge in [-0.25, -0.2) is 13.1 Å². The molecule has 0 radical (unpaired) electrons. The van der Waals surface area contributed by atoms with Gasteiger partial charge in [0, 0.05) is 11.9 Å². The number of nitrogens with one attached hydrogen (secondary N) is 1. The quantitative estimate of drug-likeness (QED) is 0.876. The van der Waals surface area contributed by atoms with Crippen LogP contribution in [-0.2, 0) is 10.0 Å². The van der Waals surface area contributed by atoms with Gasteiger partial charge in [0.1, 0.15) is 0 Å². The van der Waals surface area contributed by atoms with Gasteiger partial charge in [-0.2, -0.15) is 4.37 Å². The zero-order valence-corrected chi connectivity index (χ0v) is 12.9. The first kappa shape index (κ1) is 14.7. The number of hydrogen-bond donors (Lipinski definition) is 1. The Labute approximate surface area is 118 Å². The third-order valence-electron chi connectivity index (χ3n) is 4.04. The molecule has 108 valence electrons. The Morgan fingerprint density at radius 3 is 2.74 bits per heavy atom. The number of rotatable bonds is 6. The number of sulfonamides is 1. The summed E-state index contributed by atoms with van der Waals surface area (Å²) in [6.45, 7) is 2.64. The minimum absolute atomic E-state index is 0.129. The van der Waals surface area contributed by atoms with Crippen molar-refractivity contribution >= 4 is 21.6 Å². The van der Waals surface area contributed by atoms with E-state index in [2.05, 4.69) is 16.0 Å². The standard InChI is InChI=1S/C12H20N2O3S2/c1-3-12(6-4-5-7-12)9-13-19(15,16)10-8-18-14-11(10)17-2/h8,13H,3-7,9H2,1-2H3. The van der Waals surface area contributed by atoms with Gasteiger partial charge in [0.15, 0.2) is 4.90 Å². The number of hydrogen-bond acceptors (Lipinski definition) is 5. The number of aromatic nitrogens is 1. The van der Waals surface area contributed by atoms with Crippen LogP contribution in [0.4, 0.5) is 0 Å². The second-order valence-corrected chi connectivity index (χ2v) is 7.44. The lowest BCUT2D eigenvalue weighted by molar-refractivity contribution is 0.285. The molecule has 1 aromatic heterocycles. The van der Waals surface area contributed by atoms with Gasteiger partial charge in [0.05, 0.1) is 7.11 Å². The Morgan fingerprint density at radius 1 is 1.47 bits per heavy atom. The Kier molecular flexibility index (Phi) is 4.47. The highest BCUT2D eigenvalue weighted by atomic mass is 32.2. The van der Waals surface area contributed by atoms with E-state index in [1.807, 2.05) is 0 Å². The molecule has 0 spiro atoms. The van der Waals surface area contributed by atoms with Gasteiger partial charge >= 0.3 is 0 Å². The zero-order valence-electron chi connectivity index (χ0n) is 11.3. The molecule has 0 aliphatic heterocycles. The van der Waals surface area contributed by atoms with Crippen molar-refractivity contribution in [2.24, 2.45) is 5.41 Å². The first-order valence-electron chi connectivity index (χ1n) is 6.51. The van der Waals surface area contributed by atoms with Crippen LogP contribution in [0.3, 0.4) is 0 Å². The molecule has 1 aliphatic carbocycles. The van der Waals surface area contributed by atoms with Crippen molar-refractivity contribution in [1.29, 1.82) is 0 Å². The minimum Gasteiger partial charge on any atom is -0.479 e. The van der Waals surface area contributed by atoms with Gasteiger partial charge in [-0.15, -0.1) is 0 Å².